The molecule has 190 valence electrons. The maximum absolute atomic E-state index is 11.9. The standard InChI is InChI=1S/C23H30N4O7S/c1-2-11-35(31,32)26-20(22(28)29)12-15-3-9-18(10-4-15)33-14-19-13-27(23(30)34-19)17-7-5-16(6-8-17)21(24)25/h3-10,19-20,23,26,30H,2,11-14H2,1H3,(H3,24,25)(H,28,29). The lowest BCUT2D eigenvalue weighted by atomic mass is 10.1. The van der Waals surface area contributed by atoms with Gasteiger partial charge in [-0.1, -0.05) is 19.1 Å². The summed E-state index contributed by atoms with van der Waals surface area (Å²) in [6.45, 7) is 2.26. The van der Waals surface area contributed by atoms with Gasteiger partial charge in [0.15, 0.2) is 0 Å². The van der Waals surface area contributed by atoms with Crippen LogP contribution >= 0.6 is 0 Å². The number of aliphatic hydroxyl groups excluding tert-OH is 1. The number of carbonyl (C=O) groups is 1. The zero-order chi connectivity index (χ0) is 25.6. The van der Waals surface area contributed by atoms with Crippen molar-refractivity contribution < 1.29 is 32.9 Å². The summed E-state index contributed by atoms with van der Waals surface area (Å²) in [6, 6.07) is 12.3. The van der Waals surface area contributed by atoms with E-state index in [0.29, 0.717) is 29.8 Å². The Bertz CT molecular complexity index is 1120. The molecule has 1 heterocycles. The molecule has 0 aromatic heterocycles. The van der Waals surface area contributed by atoms with Gasteiger partial charge in [0.1, 0.15) is 30.3 Å². The molecule has 3 atom stereocenters. The summed E-state index contributed by atoms with van der Waals surface area (Å²) in [6.07, 6.45) is -1.16. The van der Waals surface area contributed by atoms with Crippen LogP contribution in [0.3, 0.4) is 0 Å². The fourth-order valence-corrected chi connectivity index (χ4v) is 4.90. The second-order valence-electron chi connectivity index (χ2n) is 8.18. The van der Waals surface area contributed by atoms with E-state index in [-0.39, 0.29) is 24.6 Å². The molecule has 12 heteroatoms. The van der Waals surface area contributed by atoms with Gasteiger partial charge >= 0.3 is 5.97 Å². The minimum absolute atomic E-state index is 0.00609. The minimum atomic E-state index is -3.67. The highest BCUT2D eigenvalue weighted by molar-refractivity contribution is 7.89. The number of carboxylic acids is 1. The summed E-state index contributed by atoms with van der Waals surface area (Å²) >= 11 is 0. The molecule has 3 rings (SSSR count). The average molecular weight is 507 g/mol. The Morgan fingerprint density at radius 1 is 1.26 bits per heavy atom. The number of hydrogen-bond acceptors (Lipinski definition) is 8. The highest BCUT2D eigenvalue weighted by Crippen LogP contribution is 2.24. The van der Waals surface area contributed by atoms with Gasteiger partial charge in [0.25, 0.3) is 0 Å². The van der Waals surface area contributed by atoms with E-state index in [9.17, 15) is 23.4 Å². The van der Waals surface area contributed by atoms with Gasteiger partial charge in [-0.2, -0.15) is 0 Å². The molecule has 1 aliphatic rings. The summed E-state index contributed by atoms with van der Waals surface area (Å²) < 4.78 is 37.4. The van der Waals surface area contributed by atoms with Crippen molar-refractivity contribution in [2.75, 3.05) is 23.8 Å². The number of amidine groups is 1. The lowest BCUT2D eigenvalue weighted by molar-refractivity contribution is -0.138. The zero-order valence-corrected chi connectivity index (χ0v) is 20.1. The van der Waals surface area contributed by atoms with Crippen molar-refractivity contribution in [1.82, 2.24) is 4.72 Å². The summed E-state index contributed by atoms with van der Waals surface area (Å²) in [7, 11) is -3.67. The quantitative estimate of drug-likeness (QED) is 0.206. The van der Waals surface area contributed by atoms with Crippen LogP contribution < -0.4 is 20.1 Å². The number of nitrogens with zero attached hydrogens (tertiary/aromatic N) is 1. The number of carboxylic acid groups (broad SMARTS) is 1. The van der Waals surface area contributed by atoms with Gasteiger partial charge < -0.3 is 30.3 Å². The monoisotopic (exact) mass is 506 g/mol. The molecule has 6 N–H and O–H groups in total. The van der Waals surface area contributed by atoms with Crippen molar-refractivity contribution >= 4 is 27.5 Å². The fourth-order valence-electron chi connectivity index (χ4n) is 3.63. The molecule has 0 aliphatic carbocycles. The summed E-state index contributed by atoms with van der Waals surface area (Å²) in [5.41, 5.74) is 7.41. The molecule has 0 amide bonds. The predicted molar refractivity (Wildman–Crippen MR) is 130 cm³/mol. The summed E-state index contributed by atoms with van der Waals surface area (Å²) in [4.78, 5) is 13.2. The molecule has 2 aromatic rings. The van der Waals surface area contributed by atoms with Gasteiger partial charge in [-0.15, -0.1) is 0 Å². The van der Waals surface area contributed by atoms with Crippen molar-refractivity contribution in [3.63, 3.8) is 0 Å². The van der Waals surface area contributed by atoms with Gasteiger partial charge in [-0.3, -0.25) is 10.2 Å². The Hall–Kier alpha value is -3.19. The van der Waals surface area contributed by atoms with Crippen LogP contribution in [0, 0.1) is 5.41 Å². The van der Waals surface area contributed by atoms with E-state index in [1.165, 1.54) is 0 Å². The molecule has 2 aromatic carbocycles. The molecule has 0 spiro atoms. The van der Waals surface area contributed by atoms with E-state index < -0.39 is 34.6 Å². The summed E-state index contributed by atoms with van der Waals surface area (Å²) in [5, 5.41) is 27.1. The van der Waals surface area contributed by atoms with E-state index in [0.717, 1.165) is 5.69 Å². The van der Waals surface area contributed by atoms with Crippen LogP contribution in [0.1, 0.15) is 24.5 Å². The zero-order valence-electron chi connectivity index (χ0n) is 19.3. The number of anilines is 1. The molecule has 1 saturated heterocycles. The summed E-state index contributed by atoms with van der Waals surface area (Å²) in [5.74, 6) is -0.900. The third-order valence-corrected chi connectivity index (χ3v) is 6.97. The van der Waals surface area contributed by atoms with Crippen LogP contribution in [0.25, 0.3) is 0 Å². The van der Waals surface area contributed by atoms with E-state index >= 15 is 0 Å². The van der Waals surface area contributed by atoms with Gasteiger partial charge in [0.05, 0.1) is 12.3 Å². The van der Waals surface area contributed by atoms with Gasteiger partial charge in [0, 0.05) is 11.3 Å². The first kappa shape index (κ1) is 26.4. The number of hydrogen-bond donors (Lipinski definition) is 5. The first-order chi connectivity index (χ1) is 16.6. The third kappa shape index (κ3) is 7.39. The number of benzene rings is 2. The first-order valence-electron chi connectivity index (χ1n) is 11.1. The van der Waals surface area contributed by atoms with Crippen LogP contribution in [0.5, 0.6) is 5.75 Å². The van der Waals surface area contributed by atoms with E-state index in [1.54, 1.807) is 60.4 Å². The number of ether oxygens (including phenoxy) is 2. The highest BCUT2D eigenvalue weighted by atomic mass is 32.2. The molecule has 1 aliphatic heterocycles. The second-order valence-corrected chi connectivity index (χ2v) is 10.1. The number of rotatable bonds is 12. The fraction of sp³-hybridized carbons (Fsp3) is 0.391. The van der Waals surface area contributed by atoms with E-state index in [1.807, 2.05) is 0 Å². The number of aliphatic carboxylic acids is 1. The molecule has 1 fully saturated rings. The number of aliphatic hydroxyl groups is 1. The third-order valence-electron chi connectivity index (χ3n) is 5.38. The van der Waals surface area contributed by atoms with E-state index in [2.05, 4.69) is 4.72 Å². The lowest BCUT2D eigenvalue weighted by Gasteiger charge is -2.20. The molecule has 0 bridgehead atoms. The largest absolute Gasteiger partial charge is 0.491 e. The van der Waals surface area contributed by atoms with Crippen molar-refractivity contribution in [3.05, 3.63) is 59.7 Å². The Morgan fingerprint density at radius 2 is 1.91 bits per heavy atom. The Morgan fingerprint density at radius 3 is 2.49 bits per heavy atom. The minimum Gasteiger partial charge on any atom is -0.491 e. The second kappa shape index (κ2) is 11.5. The average Bonchev–Trinajstić information content (AvgIpc) is 3.18. The molecule has 35 heavy (non-hydrogen) atoms. The van der Waals surface area contributed by atoms with Gasteiger partial charge in [0.2, 0.25) is 16.4 Å². The molecule has 0 radical (unpaired) electrons. The number of nitrogens with one attached hydrogen (secondary N) is 2. The molecule has 3 unspecified atom stereocenters. The lowest BCUT2D eigenvalue weighted by Crippen LogP contribution is -2.43. The first-order valence-corrected chi connectivity index (χ1v) is 12.7. The topological polar surface area (TPSA) is 175 Å². The molecule has 0 saturated carbocycles. The molecular formula is C23H30N4O7S. The maximum Gasteiger partial charge on any atom is 0.322 e. The van der Waals surface area contributed by atoms with Crippen molar-refractivity contribution in [1.29, 1.82) is 5.41 Å². The Labute approximate surface area is 204 Å². The maximum atomic E-state index is 11.9. The SMILES string of the molecule is CCCS(=O)(=O)NC(Cc1ccc(OCC2CN(c3ccc(C(=N)N)cc3)C(O)O2)cc1)C(=O)O. The Kier molecular flexibility index (Phi) is 8.67. The van der Waals surface area contributed by atoms with Gasteiger partial charge in [-0.05, 0) is 54.8 Å². The van der Waals surface area contributed by atoms with Gasteiger partial charge in [-0.25, -0.2) is 13.1 Å². The van der Waals surface area contributed by atoms with E-state index in [4.69, 9.17) is 20.6 Å². The normalized spacial score (nSPS) is 18.9. The van der Waals surface area contributed by atoms with Crippen LogP contribution in [-0.4, -0.2) is 67.9 Å². The van der Waals surface area contributed by atoms with Crippen LogP contribution in [0.15, 0.2) is 48.5 Å². The van der Waals surface area contributed by atoms with Crippen LogP contribution in [0.2, 0.25) is 0 Å². The van der Waals surface area contributed by atoms with Crippen molar-refractivity contribution in [2.45, 2.75) is 38.3 Å². The molecule has 11 nitrogen and oxygen atoms in total. The number of nitrogens with two attached hydrogens (primary N) is 1. The van der Waals surface area contributed by atoms with Crippen LogP contribution in [-0.2, 0) is 26.0 Å². The highest BCUT2D eigenvalue weighted by Gasteiger charge is 2.32. The van der Waals surface area contributed by atoms with Crippen molar-refractivity contribution in [3.8, 4) is 5.75 Å². The van der Waals surface area contributed by atoms with Crippen molar-refractivity contribution in [2.24, 2.45) is 5.73 Å². The predicted octanol–water partition coefficient (Wildman–Crippen LogP) is 0.856. The Balaban J connectivity index is 1.53. The molecular weight excluding hydrogens is 476 g/mol. The van der Waals surface area contributed by atoms with Crippen LogP contribution in [0.4, 0.5) is 5.69 Å². The number of sulfonamides is 1. The smallest absolute Gasteiger partial charge is 0.322 e. The number of nitrogen functional groups attached to an aromatic ring is 1.